The highest BCUT2D eigenvalue weighted by Crippen LogP contribution is 2.41. The third-order valence-corrected chi connectivity index (χ3v) is 2.62. The van der Waals surface area contributed by atoms with Crippen LogP contribution >= 0.6 is 0 Å². The van der Waals surface area contributed by atoms with Gasteiger partial charge in [0, 0.05) is 5.54 Å². The lowest BCUT2D eigenvalue weighted by Gasteiger charge is -2.20. The number of rotatable bonds is 4. The Balaban J connectivity index is 2.04. The summed E-state index contributed by atoms with van der Waals surface area (Å²) in [7, 11) is 0. The Hall–Kier alpha value is -0.0400. The summed E-state index contributed by atoms with van der Waals surface area (Å²) in [6, 6.07) is 0. The van der Waals surface area contributed by atoms with Crippen LogP contribution in [0.3, 0.4) is 0 Å². The van der Waals surface area contributed by atoms with Crippen LogP contribution in [0, 0.1) is 11.8 Å². The molecule has 0 aromatic heterocycles. The van der Waals surface area contributed by atoms with E-state index in [9.17, 15) is 0 Å². The molecule has 1 fully saturated rings. The Labute approximate surface area is 76.9 Å². The van der Waals surface area contributed by atoms with Crippen molar-refractivity contribution < 1.29 is 0 Å². The number of hydrogen-bond donors (Lipinski definition) is 1. The molecule has 0 saturated heterocycles. The lowest BCUT2D eigenvalue weighted by Crippen LogP contribution is -2.37. The largest absolute Gasteiger partial charge is 0.312 e. The molecule has 0 aliphatic heterocycles. The second kappa shape index (κ2) is 3.78. The van der Waals surface area contributed by atoms with Gasteiger partial charge in [-0.2, -0.15) is 0 Å². The van der Waals surface area contributed by atoms with E-state index in [1.54, 1.807) is 0 Å². The van der Waals surface area contributed by atoms with Crippen LogP contribution < -0.4 is 5.32 Å². The van der Waals surface area contributed by atoms with Gasteiger partial charge >= 0.3 is 0 Å². The molecular formula is C11H23N. The lowest BCUT2D eigenvalue weighted by molar-refractivity contribution is 0.407. The first kappa shape index (κ1) is 10.0. The first-order valence-corrected chi connectivity index (χ1v) is 5.28. The standard InChI is InChI=1S/C11H23N/c1-5-6-9-7-10(9)8-12-11(2,3)4/h9-10,12H,5-8H2,1-4H3. The maximum atomic E-state index is 3.57. The quantitative estimate of drug-likeness (QED) is 0.682. The normalized spacial score (nSPS) is 29.0. The fourth-order valence-corrected chi connectivity index (χ4v) is 1.72. The molecule has 0 amide bonds. The molecule has 0 heterocycles. The van der Waals surface area contributed by atoms with Gasteiger partial charge in [0.25, 0.3) is 0 Å². The summed E-state index contributed by atoms with van der Waals surface area (Å²) in [5.41, 5.74) is 0.305. The van der Waals surface area contributed by atoms with Gasteiger partial charge in [0.15, 0.2) is 0 Å². The Kier molecular flexibility index (Phi) is 3.16. The van der Waals surface area contributed by atoms with E-state index < -0.39 is 0 Å². The number of nitrogens with one attached hydrogen (secondary N) is 1. The third-order valence-electron chi connectivity index (χ3n) is 2.62. The topological polar surface area (TPSA) is 12.0 Å². The van der Waals surface area contributed by atoms with Crippen molar-refractivity contribution in [1.82, 2.24) is 5.32 Å². The van der Waals surface area contributed by atoms with Crippen LogP contribution in [-0.4, -0.2) is 12.1 Å². The molecule has 1 rings (SSSR count). The summed E-state index contributed by atoms with van der Waals surface area (Å²) in [6.45, 7) is 10.2. The highest BCUT2D eigenvalue weighted by atomic mass is 15.0. The number of hydrogen-bond acceptors (Lipinski definition) is 1. The zero-order valence-electron chi connectivity index (χ0n) is 8.98. The van der Waals surface area contributed by atoms with Gasteiger partial charge in [-0.1, -0.05) is 19.8 Å². The van der Waals surface area contributed by atoms with Gasteiger partial charge in [-0.25, -0.2) is 0 Å². The summed E-state index contributed by atoms with van der Waals surface area (Å²) >= 11 is 0. The second-order valence-electron chi connectivity index (χ2n) is 5.18. The summed E-state index contributed by atoms with van der Waals surface area (Å²) in [4.78, 5) is 0. The van der Waals surface area contributed by atoms with Crippen molar-refractivity contribution in [3.8, 4) is 0 Å². The van der Waals surface area contributed by atoms with Gasteiger partial charge < -0.3 is 5.32 Å². The summed E-state index contributed by atoms with van der Waals surface area (Å²) in [6.07, 6.45) is 4.27. The molecule has 1 nitrogen and oxygen atoms in total. The first-order valence-electron chi connectivity index (χ1n) is 5.28. The lowest BCUT2D eigenvalue weighted by atomic mass is 10.1. The van der Waals surface area contributed by atoms with E-state index in [2.05, 4.69) is 33.0 Å². The van der Waals surface area contributed by atoms with E-state index in [0.29, 0.717) is 5.54 Å². The zero-order valence-corrected chi connectivity index (χ0v) is 8.98. The predicted molar refractivity (Wildman–Crippen MR) is 54.3 cm³/mol. The Morgan fingerprint density at radius 1 is 1.25 bits per heavy atom. The molecule has 12 heavy (non-hydrogen) atoms. The van der Waals surface area contributed by atoms with E-state index in [1.807, 2.05) is 0 Å². The fraction of sp³-hybridized carbons (Fsp3) is 1.00. The molecule has 1 heteroatoms. The summed E-state index contributed by atoms with van der Waals surface area (Å²) in [5.74, 6) is 2.04. The van der Waals surface area contributed by atoms with Gasteiger partial charge in [0.05, 0.1) is 0 Å². The molecule has 1 aliphatic rings. The zero-order chi connectivity index (χ0) is 9.19. The van der Waals surface area contributed by atoms with Crippen molar-refractivity contribution in [1.29, 1.82) is 0 Å². The monoisotopic (exact) mass is 169 g/mol. The summed E-state index contributed by atoms with van der Waals surface area (Å²) < 4.78 is 0. The van der Waals surface area contributed by atoms with Crippen LogP contribution in [0.1, 0.15) is 47.0 Å². The molecule has 72 valence electrons. The van der Waals surface area contributed by atoms with E-state index in [4.69, 9.17) is 0 Å². The smallest absolute Gasteiger partial charge is 0.00966 e. The molecule has 1 N–H and O–H groups in total. The van der Waals surface area contributed by atoms with E-state index in [0.717, 1.165) is 11.8 Å². The molecule has 0 aromatic rings. The summed E-state index contributed by atoms with van der Waals surface area (Å²) in [5, 5.41) is 3.57. The van der Waals surface area contributed by atoms with Gasteiger partial charge in [-0.15, -0.1) is 0 Å². The van der Waals surface area contributed by atoms with E-state index in [1.165, 1.54) is 25.8 Å². The molecular weight excluding hydrogens is 146 g/mol. The fourth-order valence-electron chi connectivity index (χ4n) is 1.72. The maximum Gasteiger partial charge on any atom is 0.00966 e. The minimum absolute atomic E-state index is 0.305. The molecule has 0 aromatic carbocycles. The van der Waals surface area contributed by atoms with E-state index in [-0.39, 0.29) is 0 Å². The minimum atomic E-state index is 0.305. The van der Waals surface area contributed by atoms with Gasteiger partial charge in [0.1, 0.15) is 0 Å². The van der Waals surface area contributed by atoms with Crippen LogP contribution in [-0.2, 0) is 0 Å². The van der Waals surface area contributed by atoms with Gasteiger partial charge in [0.2, 0.25) is 0 Å². The van der Waals surface area contributed by atoms with Crippen LogP contribution in [0.25, 0.3) is 0 Å². The molecule has 0 bridgehead atoms. The van der Waals surface area contributed by atoms with Gasteiger partial charge in [-0.3, -0.25) is 0 Å². The Morgan fingerprint density at radius 2 is 1.92 bits per heavy atom. The minimum Gasteiger partial charge on any atom is -0.312 e. The maximum absolute atomic E-state index is 3.57. The van der Waals surface area contributed by atoms with Crippen LogP contribution in [0.5, 0.6) is 0 Å². The second-order valence-corrected chi connectivity index (χ2v) is 5.18. The Bertz CT molecular complexity index is 134. The molecule has 1 aliphatic carbocycles. The van der Waals surface area contributed by atoms with Crippen LogP contribution in [0.15, 0.2) is 0 Å². The van der Waals surface area contributed by atoms with Crippen LogP contribution in [0.2, 0.25) is 0 Å². The van der Waals surface area contributed by atoms with Crippen molar-refractivity contribution in [2.24, 2.45) is 11.8 Å². The van der Waals surface area contributed by atoms with Crippen molar-refractivity contribution in [2.45, 2.75) is 52.5 Å². The molecule has 2 unspecified atom stereocenters. The van der Waals surface area contributed by atoms with Gasteiger partial charge in [-0.05, 0) is 45.6 Å². The molecule has 0 spiro atoms. The SMILES string of the molecule is CCCC1CC1CNC(C)(C)C. The molecule has 1 saturated carbocycles. The average Bonchev–Trinajstić information content (AvgIpc) is 2.63. The van der Waals surface area contributed by atoms with Crippen molar-refractivity contribution in [3.05, 3.63) is 0 Å². The molecule has 0 radical (unpaired) electrons. The van der Waals surface area contributed by atoms with Crippen molar-refractivity contribution >= 4 is 0 Å². The van der Waals surface area contributed by atoms with Crippen LogP contribution in [0.4, 0.5) is 0 Å². The predicted octanol–water partition coefficient (Wildman–Crippen LogP) is 2.81. The first-order chi connectivity index (χ1) is 5.53. The third kappa shape index (κ3) is 3.57. The molecule has 2 atom stereocenters. The van der Waals surface area contributed by atoms with Crippen molar-refractivity contribution in [2.75, 3.05) is 6.54 Å². The Morgan fingerprint density at radius 3 is 2.42 bits per heavy atom. The highest BCUT2D eigenvalue weighted by molar-refractivity contribution is 4.88. The average molecular weight is 169 g/mol. The highest BCUT2D eigenvalue weighted by Gasteiger charge is 2.35. The van der Waals surface area contributed by atoms with Crippen molar-refractivity contribution in [3.63, 3.8) is 0 Å². The van der Waals surface area contributed by atoms with E-state index >= 15 is 0 Å².